The molecule has 29 heavy (non-hydrogen) atoms. The van der Waals surface area contributed by atoms with Gasteiger partial charge >= 0.3 is 0 Å². The number of carbonyl (C=O) groups excluding carboxylic acids is 1. The summed E-state index contributed by atoms with van der Waals surface area (Å²) in [6.45, 7) is 6.34. The predicted molar refractivity (Wildman–Crippen MR) is 112 cm³/mol. The van der Waals surface area contributed by atoms with Gasteiger partial charge in [0.1, 0.15) is 0 Å². The molecule has 1 atom stereocenters. The molecule has 2 aromatic carbocycles. The largest absolute Gasteiger partial charge is 0.490 e. The molecule has 0 radical (unpaired) electrons. The lowest BCUT2D eigenvalue weighted by molar-refractivity contribution is -0.121. The zero-order chi connectivity index (χ0) is 21.4. The van der Waals surface area contributed by atoms with Crippen LogP contribution in [0, 0.1) is 0 Å². The van der Waals surface area contributed by atoms with Crippen LogP contribution < -0.4 is 14.8 Å². The second-order valence-electron chi connectivity index (χ2n) is 6.44. The molecular formula is C21H28N2O5S. The maximum Gasteiger partial charge on any atom is 0.243 e. The minimum Gasteiger partial charge on any atom is -0.490 e. The molecule has 0 aliphatic carbocycles. The maximum absolute atomic E-state index is 12.6. The molecule has 1 amide bonds. The van der Waals surface area contributed by atoms with Crippen LogP contribution in [0.5, 0.6) is 11.5 Å². The van der Waals surface area contributed by atoms with Gasteiger partial charge < -0.3 is 14.8 Å². The Morgan fingerprint density at radius 1 is 1.03 bits per heavy atom. The zero-order valence-electron chi connectivity index (χ0n) is 17.2. The van der Waals surface area contributed by atoms with Crippen molar-refractivity contribution < 1.29 is 22.7 Å². The molecule has 0 aliphatic heterocycles. The number of likely N-dealkylation sites (N-methyl/N-ethyl adjacent to an activating group) is 1. The van der Waals surface area contributed by atoms with E-state index in [-0.39, 0.29) is 17.5 Å². The predicted octanol–water partition coefficient (Wildman–Crippen LogP) is 2.98. The summed E-state index contributed by atoms with van der Waals surface area (Å²) in [7, 11) is -2.34. The number of sulfonamides is 1. The third-order valence-corrected chi connectivity index (χ3v) is 6.08. The summed E-state index contributed by atoms with van der Waals surface area (Å²) in [5.41, 5.74) is 0.832. The van der Waals surface area contributed by atoms with E-state index in [1.165, 1.54) is 19.2 Å². The van der Waals surface area contributed by atoms with Crippen LogP contribution in [0.3, 0.4) is 0 Å². The Bertz CT molecular complexity index is 916. The van der Waals surface area contributed by atoms with Crippen LogP contribution in [0.4, 0.5) is 0 Å². The summed E-state index contributed by atoms with van der Waals surface area (Å²) in [4.78, 5) is 12.6. The van der Waals surface area contributed by atoms with E-state index >= 15 is 0 Å². The SMILES string of the molecule is CCOc1ccc([C@@H](C)NC(=O)CN(C)S(=O)(=O)c2ccccc2)cc1OCC. The van der Waals surface area contributed by atoms with E-state index in [2.05, 4.69) is 5.32 Å². The van der Waals surface area contributed by atoms with Crippen LogP contribution in [-0.4, -0.2) is 45.4 Å². The van der Waals surface area contributed by atoms with Crippen molar-refractivity contribution in [2.45, 2.75) is 31.7 Å². The van der Waals surface area contributed by atoms with Crippen molar-refractivity contribution in [1.82, 2.24) is 9.62 Å². The highest BCUT2D eigenvalue weighted by atomic mass is 32.2. The number of nitrogens with one attached hydrogen (secondary N) is 1. The number of ether oxygens (including phenoxy) is 2. The van der Waals surface area contributed by atoms with E-state index in [4.69, 9.17) is 9.47 Å². The lowest BCUT2D eigenvalue weighted by atomic mass is 10.1. The second kappa shape index (κ2) is 10.3. The Kier molecular flexibility index (Phi) is 8.04. The fraction of sp³-hybridized carbons (Fsp3) is 0.381. The summed E-state index contributed by atoms with van der Waals surface area (Å²) in [5.74, 6) is 0.855. The first-order valence-electron chi connectivity index (χ1n) is 9.49. The standard InChI is InChI=1S/C21H28N2O5S/c1-5-27-19-13-12-17(14-20(19)28-6-2)16(3)22-21(24)15-23(4)29(25,26)18-10-8-7-9-11-18/h7-14,16H,5-6,15H2,1-4H3,(H,22,24)/t16-/m1/s1. The fourth-order valence-corrected chi connectivity index (χ4v) is 3.92. The number of amides is 1. The van der Waals surface area contributed by atoms with Crippen molar-refractivity contribution in [2.75, 3.05) is 26.8 Å². The van der Waals surface area contributed by atoms with Crippen molar-refractivity contribution in [2.24, 2.45) is 0 Å². The van der Waals surface area contributed by atoms with Gasteiger partial charge in [0.2, 0.25) is 15.9 Å². The van der Waals surface area contributed by atoms with Crippen LogP contribution in [-0.2, 0) is 14.8 Å². The summed E-state index contributed by atoms with van der Waals surface area (Å²) >= 11 is 0. The zero-order valence-corrected chi connectivity index (χ0v) is 18.0. The lowest BCUT2D eigenvalue weighted by Gasteiger charge is -2.20. The molecule has 0 heterocycles. The molecule has 2 rings (SSSR count). The van der Waals surface area contributed by atoms with Gasteiger partial charge in [0.05, 0.1) is 30.7 Å². The molecule has 0 saturated carbocycles. The Morgan fingerprint density at radius 2 is 1.66 bits per heavy atom. The van der Waals surface area contributed by atoms with E-state index in [1.54, 1.807) is 24.3 Å². The molecule has 0 bridgehead atoms. The van der Waals surface area contributed by atoms with Gasteiger partial charge in [-0.15, -0.1) is 0 Å². The lowest BCUT2D eigenvalue weighted by Crippen LogP contribution is -2.39. The molecule has 0 fully saturated rings. The minimum atomic E-state index is -3.72. The molecule has 158 valence electrons. The van der Waals surface area contributed by atoms with Gasteiger partial charge in [0, 0.05) is 7.05 Å². The Hall–Kier alpha value is -2.58. The number of nitrogens with zero attached hydrogens (tertiary/aromatic N) is 1. The Balaban J connectivity index is 2.06. The number of hydrogen-bond acceptors (Lipinski definition) is 5. The fourth-order valence-electron chi connectivity index (χ4n) is 2.77. The van der Waals surface area contributed by atoms with Gasteiger partial charge in [-0.05, 0) is 50.6 Å². The van der Waals surface area contributed by atoms with E-state index in [1.807, 2.05) is 32.9 Å². The summed E-state index contributed by atoms with van der Waals surface area (Å²) < 4.78 is 37.3. The van der Waals surface area contributed by atoms with Crippen LogP contribution in [0.25, 0.3) is 0 Å². The number of rotatable bonds is 10. The summed E-state index contributed by atoms with van der Waals surface area (Å²) in [6, 6.07) is 13.2. The highest BCUT2D eigenvalue weighted by Gasteiger charge is 2.23. The van der Waals surface area contributed by atoms with Crippen molar-refractivity contribution in [3.05, 3.63) is 54.1 Å². The van der Waals surface area contributed by atoms with Crippen LogP contribution >= 0.6 is 0 Å². The first kappa shape index (κ1) is 22.7. The Labute approximate surface area is 172 Å². The maximum atomic E-state index is 12.6. The van der Waals surface area contributed by atoms with Crippen LogP contribution in [0.15, 0.2) is 53.4 Å². The van der Waals surface area contributed by atoms with Crippen LogP contribution in [0.1, 0.15) is 32.4 Å². The van der Waals surface area contributed by atoms with Gasteiger partial charge in [0.25, 0.3) is 0 Å². The summed E-state index contributed by atoms with van der Waals surface area (Å²) in [5, 5.41) is 2.83. The number of carbonyl (C=O) groups is 1. The molecule has 2 aromatic rings. The monoisotopic (exact) mass is 420 g/mol. The second-order valence-corrected chi connectivity index (χ2v) is 8.48. The van der Waals surface area contributed by atoms with Crippen molar-refractivity contribution in [1.29, 1.82) is 0 Å². The van der Waals surface area contributed by atoms with Crippen molar-refractivity contribution in [3.63, 3.8) is 0 Å². The van der Waals surface area contributed by atoms with E-state index < -0.39 is 15.9 Å². The average molecular weight is 421 g/mol. The molecular weight excluding hydrogens is 392 g/mol. The van der Waals surface area contributed by atoms with Gasteiger partial charge in [-0.1, -0.05) is 24.3 Å². The van der Waals surface area contributed by atoms with Gasteiger partial charge in [-0.3, -0.25) is 4.79 Å². The van der Waals surface area contributed by atoms with Crippen molar-refractivity contribution in [3.8, 4) is 11.5 Å². The third-order valence-electron chi connectivity index (χ3n) is 4.26. The van der Waals surface area contributed by atoms with Crippen LogP contribution in [0.2, 0.25) is 0 Å². The van der Waals surface area contributed by atoms with Crippen molar-refractivity contribution >= 4 is 15.9 Å². The number of benzene rings is 2. The molecule has 1 N–H and O–H groups in total. The molecule has 0 unspecified atom stereocenters. The Morgan fingerprint density at radius 3 is 2.28 bits per heavy atom. The summed E-state index contributed by atoms with van der Waals surface area (Å²) in [6.07, 6.45) is 0. The highest BCUT2D eigenvalue weighted by molar-refractivity contribution is 7.89. The molecule has 7 nitrogen and oxygen atoms in total. The molecule has 0 aromatic heterocycles. The molecule has 0 saturated heterocycles. The molecule has 0 aliphatic rings. The smallest absolute Gasteiger partial charge is 0.243 e. The van der Waals surface area contributed by atoms with E-state index in [0.29, 0.717) is 24.7 Å². The number of hydrogen-bond donors (Lipinski definition) is 1. The first-order chi connectivity index (χ1) is 13.8. The normalized spacial score (nSPS) is 12.4. The molecule has 0 spiro atoms. The van der Waals surface area contributed by atoms with E-state index in [9.17, 15) is 13.2 Å². The minimum absolute atomic E-state index is 0.149. The third kappa shape index (κ3) is 5.95. The van der Waals surface area contributed by atoms with E-state index in [0.717, 1.165) is 9.87 Å². The quantitative estimate of drug-likeness (QED) is 0.639. The average Bonchev–Trinajstić information content (AvgIpc) is 2.70. The van der Waals surface area contributed by atoms with Gasteiger partial charge in [-0.25, -0.2) is 8.42 Å². The molecule has 8 heteroatoms. The topological polar surface area (TPSA) is 84.9 Å². The van der Waals surface area contributed by atoms with Gasteiger partial charge in [-0.2, -0.15) is 4.31 Å². The first-order valence-corrected chi connectivity index (χ1v) is 10.9. The highest BCUT2D eigenvalue weighted by Crippen LogP contribution is 2.30. The van der Waals surface area contributed by atoms with Gasteiger partial charge in [0.15, 0.2) is 11.5 Å².